The third-order valence-electron chi connectivity index (χ3n) is 6.35. The van der Waals surface area contributed by atoms with Crippen molar-refractivity contribution in [3.63, 3.8) is 0 Å². The van der Waals surface area contributed by atoms with E-state index in [9.17, 15) is 0 Å². The summed E-state index contributed by atoms with van der Waals surface area (Å²) in [5.41, 5.74) is 0. The zero-order valence-corrected chi connectivity index (χ0v) is 15.1. The smallest absolute Gasteiger partial charge is 0.00671 e. The van der Waals surface area contributed by atoms with E-state index in [-0.39, 0.29) is 0 Å². The minimum absolute atomic E-state index is 0.808. The zero-order chi connectivity index (χ0) is 15.4. The Morgan fingerprint density at radius 2 is 1.67 bits per heavy atom. The molecule has 2 aliphatic heterocycles. The maximum Gasteiger partial charge on any atom is 0.00671 e. The van der Waals surface area contributed by atoms with Gasteiger partial charge in [-0.2, -0.15) is 0 Å². The van der Waals surface area contributed by atoms with Crippen LogP contribution in [-0.4, -0.2) is 48.6 Å². The predicted octanol–water partition coefficient (Wildman–Crippen LogP) is 4.11. The van der Waals surface area contributed by atoms with Gasteiger partial charge in [-0.25, -0.2) is 0 Å². The molecule has 21 heavy (non-hydrogen) atoms. The number of hydrogen-bond donors (Lipinski definition) is 0. The van der Waals surface area contributed by atoms with E-state index in [2.05, 4.69) is 44.4 Å². The fourth-order valence-electron chi connectivity index (χ4n) is 4.10. The van der Waals surface area contributed by atoms with Gasteiger partial charge in [0.05, 0.1) is 0 Å². The largest absolute Gasteiger partial charge is 0.303 e. The summed E-state index contributed by atoms with van der Waals surface area (Å²) in [6.07, 6.45) is 5.70. The number of hydrogen-bond acceptors (Lipinski definition) is 2. The summed E-state index contributed by atoms with van der Waals surface area (Å²) in [4.78, 5) is 5.32. The Bertz CT molecular complexity index is 296. The Labute approximate surface area is 133 Å². The quantitative estimate of drug-likeness (QED) is 0.664. The van der Waals surface area contributed by atoms with Gasteiger partial charge >= 0.3 is 0 Å². The monoisotopic (exact) mass is 294 g/mol. The van der Waals surface area contributed by atoms with Crippen LogP contribution in [0.2, 0.25) is 0 Å². The molecule has 0 aliphatic carbocycles. The third-order valence-corrected chi connectivity index (χ3v) is 6.35. The Hall–Kier alpha value is -0.0800. The average molecular weight is 295 g/mol. The maximum atomic E-state index is 2.70. The van der Waals surface area contributed by atoms with Crippen molar-refractivity contribution in [2.45, 2.75) is 66.3 Å². The molecule has 2 aliphatic rings. The molecule has 0 N–H and O–H groups in total. The van der Waals surface area contributed by atoms with Crippen molar-refractivity contribution in [1.82, 2.24) is 9.80 Å². The van der Waals surface area contributed by atoms with Crippen LogP contribution in [0.1, 0.15) is 60.3 Å². The van der Waals surface area contributed by atoms with E-state index < -0.39 is 0 Å². The van der Waals surface area contributed by atoms with Crippen LogP contribution < -0.4 is 0 Å². The molecule has 0 radical (unpaired) electrons. The molecule has 124 valence electrons. The van der Waals surface area contributed by atoms with E-state index in [1.54, 1.807) is 0 Å². The Morgan fingerprint density at radius 1 is 0.952 bits per heavy atom. The van der Waals surface area contributed by atoms with Gasteiger partial charge in [0.15, 0.2) is 0 Å². The standard InChI is InChI=1S/C19H38N2/c1-6-20-11-10-18(12-20)16(4)8-7-9-17(5)21-13-19(14-21)15(2)3/h15-19H,6-14H2,1-5H3. The van der Waals surface area contributed by atoms with Gasteiger partial charge in [0.1, 0.15) is 0 Å². The molecular weight excluding hydrogens is 256 g/mol. The molecule has 2 nitrogen and oxygen atoms in total. The summed E-state index contributed by atoms with van der Waals surface area (Å²) in [5.74, 6) is 3.73. The summed E-state index contributed by atoms with van der Waals surface area (Å²) in [5, 5.41) is 0. The van der Waals surface area contributed by atoms with Crippen molar-refractivity contribution >= 4 is 0 Å². The van der Waals surface area contributed by atoms with Gasteiger partial charge in [0, 0.05) is 25.7 Å². The van der Waals surface area contributed by atoms with Crippen LogP contribution in [0.15, 0.2) is 0 Å². The minimum atomic E-state index is 0.808. The first-order valence-electron chi connectivity index (χ1n) is 9.47. The second-order valence-corrected chi connectivity index (χ2v) is 8.16. The first-order chi connectivity index (χ1) is 10.0. The summed E-state index contributed by atoms with van der Waals surface area (Å²) in [6.45, 7) is 18.6. The van der Waals surface area contributed by atoms with Crippen LogP contribution in [0, 0.1) is 23.7 Å². The highest BCUT2D eigenvalue weighted by Crippen LogP contribution is 2.30. The van der Waals surface area contributed by atoms with Crippen molar-refractivity contribution < 1.29 is 0 Å². The van der Waals surface area contributed by atoms with Crippen LogP contribution in [0.5, 0.6) is 0 Å². The van der Waals surface area contributed by atoms with Crippen LogP contribution in [0.25, 0.3) is 0 Å². The zero-order valence-electron chi connectivity index (χ0n) is 15.1. The number of rotatable bonds is 8. The van der Waals surface area contributed by atoms with E-state index >= 15 is 0 Å². The molecule has 0 aromatic carbocycles. The summed E-state index contributed by atoms with van der Waals surface area (Å²) in [7, 11) is 0. The summed E-state index contributed by atoms with van der Waals surface area (Å²) < 4.78 is 0. The van der Waals surface area contributed by atoms with Crippen molar-refractivity contribution in [2.75, 3.05) is 32.7 Å². The van der Waals surface area contributed by atoms with E-state index in [0.29, 0.717) is 0 Å². The molecule has 3 atom stereocenters. The Kier molecular flexibility index (Phi) is 6.55. The van der Waals surface area contributed by atoms with Crippen molar-refractivity contribution in [2.24, 2.45) is 23.7 Å². The molecule has 0 spiro atoms. The molecule has 3 unspecified atom stereocenters. The van der Waals surface area contributed by atoms with Gasteiger partial charge in [0.2, 0.25) is 0 Å². The van der Waals surface area contributed by atoms with Crippen LogP contribution in [-0.2, 0) is 0 Å². The molecule has 2 saturated heterocycles. The molecule has 0 bridgehead atoms. The van der Waals surface area contributed by atoms with Gasteiger partial charge in [0.25, 0.3) is 0 Å². The number of nitrogens with zero attached hydrogens (tertiary/aromatic N) is 2. The number of likely N-dealkylation sites (tertiary alicyclic amines) is 2. The fraction of sp³-hybridized carbons (Fsp3) is 1.00. The SMILES string of the molecule is CCN1CCC(C(C)CCCC(C)N2CC(C(C)C)C2)C1. The van der Waals surface area contributed by atoms with Gasteiger partial charge in [-0.15, -0.1) is 0 Å². The van der Waals surface area contributed by atoms with Gasteiger partial charge in [-0.05, 0) is 56.5 Å². The van der Waals surface area contributed by atoms with Crippen molar-refractivity contribution in [1.29, 1.82) is 0 Å². The molecule has 0 amide bonds. The predicted molar refractivity (Wildman–Crippen MR) is 92.6 cm³/mol. The molecule has 2 fully saturated rings. The van der Waals surface area contributed by atoms with E-state index in [0.717, 1.165) is 29.7 Å². The lowest BCUT2D eigenvalue weighted by atomic mass is 9.85. The summed E-state index contributed by atoms with van der Waals surface area (Å²) in [6, 6.07) is 0.808. The lowest BCUT2D eigenvalue weighted by molar-refractivity contribution is 0.0298. The molecule has 2 heteroatoms. The highest BCUT2D eigenvalue weighted by molar-refractivity contribution is 4.85. The first kappa shape index (κ1) is 17.3. The van der Waals surface area contributed by atoms with Crippen molar-refractivity contribution in [3.8, 4) is 0 Å². The van der Waals surface area contributed by atoms with Crippen LogP contribution >= 0.6 is 0 Å². The van der Waals surface area contributed by atoms with Gasteiger partial charge < -0.3 is 4.90 Å². The topological polar surface area (TPSA) is 6.48 Å². The van der Waals surface area contributed by atoms with E-state index in [1.165, 1.54) is 58.4 Å². The molecule has 2 heterocycles. The Balaban J connectivity index is 1.57. The molecular formula is C19H38N2. The normalized spacial score (nSPS) is 28.0. The Morgan fingerprint density at radius 3 is 2.24 bits per heavy atom. The lowest BCUT2D eigenvalue weighted by Crippen LogP contribution is -2.52. The second kappa shape index (κ2) is 7.97. The minimum Gasteiger partial charge on any atom is -0.303 e. The second-order valence-electron chi connectivity index (χ2n) is 8.16. The highest BCUT2D eigenvalue weighted by atomic mass is 15.2. The van der Waals surface area contributed by atoms with Gasteiger partial charge in [-0.1, -0.05) is 40.5 Å². The van der Waals surface area contributed by atoms with E-state index in [1.807, 2.05) is 0 Å². The fourth-order valence-corrected chi connectivity index (χ4v) is 4.10. The average Bonchev–Trinajstić information content (AvgIpc) is 2.85. The lowest BCUT2D eigenvalue weighted by Gasteiger charge is -2.45. The van der Waals surface area contributed by atoms with E-state index in [4.69, 9.17) is 0 Å². The van der Waals surface area contributed by atoms with Crippen LogP contribution in [0.3, 0.4) is 0 Å². The third kappa shape index (κ3) is 4.69. The maximum absolute atomic E-state index is 2.70. The molecule has 0 aromatic rings. The molecule has 0 aromatic heterocycles. The highest BCUT2D eigenvalue weighted by Gasteiger charge is 2.32. The first-order valence-corrected chi connectivity index (χ1v) is 9.47. The van der Waals surface area contributed by atoms with Gasteiger partial charge in [-0.3, -0.25) is 4.90 Å². The van der Waals surface area contributed by atoms with Crippen molar-refractivity contribution in [3.05, 3.63) is 0 Å². The molecule has 2 rings (SSSR count). The van der Waals surface area contributed by atoms with Crippen LogP contribution in [0.4, 0.5) is 0 Å². The molecule has 0 saturated carbocycles. The summed E-state index contributed by atoms with van der Waals surface area (Å²) >= 11 is 0.